The van der Waals surface area contributed by atoms with Gasteiger partial charge in [0.2, 0.25) is 5.91 Å². The van der Waals surface area contributed by atoms with Crippen LogP contribution in [0.5, 0.6) is 0 Å². The number of rotatable bonds is 8. The highest BCUT2D eigenvalue weighted by molar-refractivity contribution is 6.00. The van der Waals surface area contributed by atoms with E-state index in [0.717, 1.165) is 78.5 Å². The molecule has 0 aliphatic carbocycles. The number of piperidine rings is 1. The molecule has 1 fully saturated rings. The van der Waals surface area contributed by atoms with Crippen molar-refractivity contribution in [3.8, 4) is 0 Å². The number of nitrogens with one attached hydrogen (secondary N) is 1. The summed E-state index contributed by atoms with van der Waals surface area (Å²) in [5.74, 6) is 0.125. The molecule has 32 heavy (non-hydrogen) atoms. The molecular formula is C26H32N4O2. The lowest BCUT2D eigenvalue weighted by Crippen LogP contribution is -2.44. The first-order chi connectivity index (χ1) is 15.7. The zero-order valence-electron chi connectivity index (χ0n) is 18.8. The number of carbonyl (C=O) groups is 1. The standard InChI is InChI=1S/C26H32N4O2/c1-3-22-24(17-27-2)30(25(32)26(22)11-13-28-14-12-26)18-23-21(10-6-7-15-31)20-9-5-4-8-19(20)16-29-23/h3-5,8-9,16-17,28,31H,1,6-7,10-15,18H2,2H3. The maximum absolute atomic E-state index is 13.9. The van der Waals surface area contributed by atoms with Gasteiger partial charge in [0, 0.05) is 31.5 Å². The van der Waals surface area contributed by atoms with Gasteiger partial charge in [-0.25, -0.2) is 0 Å². The molecular weight excluding hydrogens is 400 g/mol. The molecule has 168 valence electrons. The van der Waals surface area contributed by atoms with Crippen molar-refractivity contribution in [1.82, 2.24) is 15.2 Å². The number of aliphatic hydroxyl groups excluding tert-OH is 1. The summed E-state index contributed by atoms with van der Waals surface area (Å²) in [4.78, 5) is 24.8. The number of aliphatic hydroxyl groups is 1. The van der Waals surface area contributed by atoms with E-state index in [9.17, 15) is 9.90 Å². The summed E-state index contributed by atoms with van der Waals surface area (Å²) in [5, 5.41) is 14.9. The molecule has 1 amide bonds. The third-order valence-corrected chi connectivity index (χ3v) is 6.79. The summed E-state index contributed by atoms with van der Waals surface area (Å²) >= 11 is 0. The highest BCUT2D eigenvalue weighted by Crippen LogP contribution is 2.47. The van der Waals surface area contributed by atoms with Crippen LogP contribution >= 0.6 is 0 Å². The van der Waals surface area contributed by atoms with Crippen LogP contribution in [0.2, 0.25) is 0 Å². The zero-order chi connectivity index (χ0) is 22.6. The number of benzene rings is 1. The van der Waals surface area contributed by atoms with Crippen LogP contribution in [0.1, 0.15) is 36.9 Å². The van der Waals surface area contributed by atoms with E-state index < -0.39 is 5.41 Å². The van der Waals surface area contributed by atoms with E-state index in [0.29, 0.717) is 6.54 Å². The first-order valence-corrected chi connectivity index (χ1v) is 11.4. The lowest BCUT2D eigenvalue weighted by atomic mass is 9.73. The van der Waals surface area contributed by atoms with E-state index >= 15 is 0 Å². The van der Waals surface area contributed by atoms with Crippen molar-refractivity contribution in [3.63, 3.8) is 0 Å². The molecule has 0 radical (unpaired) electrons. The molecule has 6 nitrogen and oxygen atoms in total. The van der Waals surface area contributed by atoms with Crippen LogP contribution in [0.15, 0.2) is 59.4 Å². The number of allylic oxidation sites excluding steroid dienone is 2. The second-order valence-electron chi connectivity index (χ2n) is 8.57. The third-order valence-electron chi connectivity index (χ3n) is 6.79. The van der Waals surface area contributed by atoms with Gasteiger partial charge in [0.25, 0.3) is 0 Å². The van der Waals surface area contributed by atoms with Crippen molar-refractivity contribution < 1.29 is 9.90 Å². The Morgan fingerprint density at radius 2 is 2.06 bits per heavy atom. The summed E-state index contributed by atoms with van der Waals surface area (Å²) in [6.07, 6.45) is 9.49. The van der Waals surface area contributed by atoms with Crippen molar-refractivity contribution in [2.45, 2.75) is 38.6 Å². The Morgan fingerprint density at radius 3 is 2.78 bits per heavy atom. The molecule has 1 aromatic carbocycles. The van der Waals surface area contributed by atoms with Crippen LogP contribution in [0, 0.1) is 5.41 Å². The summed E-state index contributed by atoms with van der Waals surface area (Å²) < 4.78 is 0. The minimum atomic E-state index is -0.530. The molecule has 1 aromatic heterocycles. The number of hydrogen-bond donors (Lipinski definition) is 2. The van der Waals surface area contributed by atoms with E-state index in [1.54, 1.807) is 13.3 Å². The molecule has 2 aliphatic heterocycles. The molecule has 3 heterocycles. The molecule has 4 rings (SSSR count). The molecule has 1 spiro atoms. The van der Waals surface area contributed by atoms with Crippen LogP contribution in [0.3, 0.4) is 0 Å². The smallest absolute Gasteiger partial charge is 0.238 e. The van der Waals surface area contributed by atoms with Crippen LogP contribution in [0.4, 0.5) is 0 Å². The topological polar surface area (TPSA) is 77.8 Å². The monoisotopic (exact) mass is 432 g/mol. The fourth-order valence-electron chi connectivity index (χ4n) is 5.17. The van der Waals surface area contributed by atoms with Gasteiger partial charge in [-0.15, -0.1) is 0 Å². The molecule has 2 N–H and O–H groups in total. The Kier molecular flexibility index (Phi) is 6.82. The number of aromatic nitrogens is 1. The van der Waals surface area contributed by atoms with Gasteiger partial charge in [0.1, 0.15) is 0 Å². The molecule has 6 heteroatoms. The lowest BCUT2D eigenvalue weighted by molar-refractivity contribution is -0.136. The van der Waals surface area contributed by atoms with Crippen LogP contribution in [-0.2, 0) is 17.8 Å². The maximum atomic E-state index is 13.9. The molecule has 0 saturated carbocycles. The second-order valence-corrected chi connectivity index (χ2v) is 8.57. The Balaban J connectivity index is 1.77. The number of unbranched alkanes of at least 4 members (excludes halogenated alkanes) is 1. The highest BCUT2D eigenvalue weighted by atomic mass is 16.2. The van der Waals surface area contributed by atoms with Crippen LogP contribution in [0.25, 0.3) is 10.8 Å². The van der Waals surface area contributed by atoms with Gasteiger partial charge in [-0.1, -0.05) is 36.9 Å². The average molecular weight is 433 g/mol. The fraction of sp³-hybridized carbons (Fsp3) is 0.423. The highest BCUT2D eigenvalue weighted by Gasteiger charge is 2.51. The number of pyridine rings is 1. The Bertz CT molecular complexity index is 1070. The number of carbonyl (C=O) groups excluding carboxylic acids is 1. The van der Waals surface area contributed by atoms with Gasteiger partial charge in [0.05, 0.1) is 23.4 Å². The Hall–Kier alpha value is -2.83. The van der Waals surface area contributed by atoms with Gasteiger partial charge in [-0.3, -0.25) is 14.8 Å². The Labute approximate surface area is 189 Å². The number of aliphatic imine (C=N–C) groups is 1. The van der Waals surface area contributed by atoms with E-state index in [-0.39, 0.29) is 12.5 Å². The predicted octanol–water partition coefficient (Wildman–Crippen LogP) is 3.40. The average Bonchev–Trinajstić information content (AvgIpc) is 3.02. The number of nitrogens with zero attached hydrogens (tertiary/aromatic N) is 3. The molecule has 0 unspecified atom stereocenters. The van der Waals surface area contributed by atoms with Gasteiger partial charge >= 0.3 is 0 Å². The number of amides is 1. The van der Waals surface area contributed by atoms with Crippen LogP contribution < -0.4 is 5.32 Å². The maximum Gasteiger partial charge on any atom is 0.238 e. The van der Waals surface area contributed by atoms with Crippen molar-refractivity contribution in [2.75, 3.05) is 26.7 Å². The van der Waals surface area contributed by atoms with Crippen LogP contribution in [-0.4, -0.2) is 53.9 Å². The fourth-order valence-corrected chi connectivity index (χ4v) is 5.17. The van der Waals surface area contributed by atoms with E-state index in [1.807, 2.05) is 29.3 Å². The molecule has 1 saturated heterocycles. The molecule has 0 bridgehead atoms. The second kappa shape index (κ2) is 9.76. The van der Waals surface area contributed by atoms with E-state index in [4.69, 9.17) is 4.98 Å². The van der Waals surface area contributed by atoms with Crippen molar-refractivity contribution in [2.24, 2.45) is 10.4 Å². The first kappa shape index (κ1) is 22.4. The summed E-state index contributed by atoms with van der Waals surface area (Å²) in [5.41, 5.74) is 3.36. The summed E-state index contributed by atoms with van der Waals surface area (Å²) in [7, 11) is 1.73. The van der Waals surface area contributed by atoms with E-state index in [1.165, 1.54) is 0 Å². The van der Waals surface area contributed by atoms with Gasteiger partial charge < -0.3 is 15.3 Å². The van der Waals surface area contributed by atoms with Crippen molar-refractivity contribution >= 4 is 22.9 Å². The third kappa shape index (κ3) is 3.89. The van der Waals surface area contributed by atoms with Crippen molar-refractivity contribution in [3.05, 3.63) is 65.6 Å². The largest absolute Gasteiger partial charge is 0.396 e. The minimum absolute atomic E-state index is 0.125. The Morgan fingerprint density at radius 1 is 1.28 bits per heavy atom. The SMILES string of the molecule is C=CC1=C(C=NC)N(Cc2ncc3ccccc3c2CCCCO)C(=O)C12CCNCC2. The molecule has 2 aliphatic rings. The summed E-state index contributed by atoms with van der Waals surface area (Å²) in [6.45, 7) is 6.26. The lowest BCUT2D eigenvalue weighted by Gasteiger charge is -2.34. The van der Waals surface area contributed by atoms with Crippen molar-refractivity contribution in [1.29, 1.82) is 0 Å². The van der Waals surface area contributed by atoms with Gasteiger partial charge in [-0.05, 0) is 61.7 Å². The van der Waals surface area contributed by atoms with E-state index in [2.05, 4.69) is 29.0 Å². The normalized spacial score (nSPS) is 18.4. The number of aryl methyl sites for hydroxylation is 1. The predicted molar refractivity (Wildman–Crippen MR) is 128 cm³/mol. The quantitative estimate of drug-likeness (QED) is 0.495. The van der Waals surface area contributed by atoms with Gasteiger partial charge in [-0.2, -0.15) is 0 Å². The molecule has 0 atom stereocenters. The zero-order valence-corrected chi connectivity index (χ0v) is 18.8. The molecule has 2 aromatic rings. The number of fused-ring (bicyclic) bond motifs is 1. The first-order valence-electron chi connectivity index (χ1n) is 11.4. The summed E-state index contributed by atoms with van der Waals surface area (Å²) in [6, 6.07) is 8.24. The van der Waals surface area contributed by atoms with Gasteiger partial charge in [0.15, 0.2) is 0 Å². The number of hydrogen-bond acceptors (Lipinski definition) is 5. The minimum Gasteiger partial charge on any atom is -0.396 e.